The van der Waals surface area contributed by atoms with Crippen molar-refractivity contribution >= 4 is 21.9 Å². The Morgan fingerprint density at radius 3 is 2.64 bits per heavy atom. The summed E-state index contributed by atoms with van der Waals surface area (Å²) in [5.41, 5.74) is 0.779. The van der Waals surface area contributed by atoms with Gasteiger partial charge in [-0.15, -0.1) is 0 Å². The number of esters is 1. The fourth-order valence-electron chi connectivity index (χ4n) is 9.16. The molecule has 9 atom stereocenters. The average molecular weight is 453 g/mol. The van der Waals surface area contributed by atoms with Crippen LogP contribution in [-0.2, 0) is 14.3 Å². The lowest BCUT2D eigenvalue weighted by Gasteiger charge is -2.62. The van der Waals surface area contributed by atoms with Crippen LogP contribution in [0.25, 0.3) is 0 Å². The third-order valence-corrected chi connectivity index (χ3v) is 11.8. The molecule has 4 heteroatoms. The van der Waals surface area contributed by atoms with Gasteiger partial charge in [-0.3, -0.25) is 4.79 Å². The second-order valence-electron chi connectivity index (χ2n) is 11.4. The first kappa shape index (κ1) is 19.8. The van der Waals surface area contributed by atoms with E-state index in [1.54, 1.807) is 6.92 Å². The third kappa shape index (κ3) is 2.46. The Morgan fingerprint density at radius 2 is 1.93 bits per heavy atom. The van der Waals surface area contributed by atoms with Gasteiger partial charge in [0.15, 0.2) is 0 Å². The summed E-state index contributed by atoms with van der Waals surface area (Å²) in [6.07, 6.45) is 10.2. The zero-order chi connectivity index (χ0) is 19.9. The Bertz CT molecular complexity index is 664. The first-order chi connectivity index (χ1) is 13.2. The number of alkyl halides is 1. The number of rotatable bonds is 2. The maximum Gasteiger partial charge on any atom is 0.302 e. The fourth-order valence-corrected chi connectivity index (χ4v) is 10.5. The van der Waals surface area contributed by atoms with Crippen LogP contribution in [0.2, 0.25) is 0 Å². The number of ether oxygens (including phenoxy) is 2. The average Bonchev–Trinajstić information content (AvgIpc) is 3.04. The molecule has 158 valence electrons. The summed E-state index contributed by atoms with van der Waals surface area (Å²) < 4.78 is 12.2. The number of hydrogen-bond donors (Lipinski definition) is 0. The molecule has 0 radical (unpaired) electrons. The molecule has 5 rings (SSSR count). The van der Waals surface area contributed by atoms with Gasteiger partial charge in [-0.05, 0) is 80.0 Å². The lowest BCUT2D eigenvalue weighted by Crippen LogP contribution is -2.63. The molecule has 0 amide bonds. The minimum absolute atomic E-state index is 0.00330. The van der Waals surface area contributed by atoms with Gasteiger partial charge in [-0.1, -0.05) is 36.7 Å². The van der Waals surface area contributed by atoms with Crippen LogP contribution in [-0.4, -0.2) is 29.1 Å². The molecule has 28 heavy (non-hydrogen) atoms. The topological polar surface area (TPSA) is 35.5 Å². The van der Waals surface area contributed by atoms with Crippen LogP contribution in [0.15, 0.2) is 0 Å². The maximum absolute atomic E-state index is 11.6. The van der Waals surface area contributed by atoms with Crippen molar-refractivity contribution in [1.82, 2.24) is 0 Å². The molecule has 0 aromatic carbocycles. The number of carbonyl (C=O) groups is 1. The maximum atomic E-state index is 11.6. The van der Waals surface area contributed by atoms with Crippen molar-refractivity contribution in [2.75, 3.05) is 6.61 Å². The van der Waals surface area contributed by atoms with Crippen molar-refractivity contribution in [1.29, 1.82) is 0 Å². The Hall–Kier alpha value is -0.0900. The Kier molecular flexibility index (Phi) is 4.57. The van der Waals surface area contributed by atoms with E-state index >= 15 is 0 Å². The minimum Gasteiger partial charge on any atom is -0.463 e. The Morgan fingerprint density at radius 1 is 1.14 bits per heavy atom. The van der Waals surface area contributed by atoms with Crippen molar-refractivity contribution in [3.05, 3.63) is 0 Å². The first-order valence-electron chi connectivity index (χ1n) is 11.7. The number of hydrogen-bond acceptors (Lipinski definition) is 3. The Labute approximate surface area is 178 Å². The highest BCUT2D eigenvalue weighted by Gasteiger charge is 2.72. The van der Waals surface area contributed by atoms with Gasteiger partial charge in [0.05, 0.1) is 17.0 Å². The van der Waals surface area contributed by atoms with Gasteiger partial charge in [0.1, 0.15) is 6.10 Å². The van der Waals surface area contributed by atoms with Gasteiger partial charge < -0.3 is 9.47 Å². The van der Waals surface area contributed by atoms with E-state index in [0.717, 1.165) is 55.5 Å². The van der Waals surface area contributed by atoms with Crippen LogP contribution in [0, 0.1) is 40.4 Å². The highest BCUT2D eigenvalue weighted by atomic mass is 79.9. The van der Waals surface area contributed by atoms with Crippen molar-refractivity contribution in [3.8, 4) is 0 Å². The molecule has 0 N–H and O–H groups in total. The lowest BCUT2D eigenvalue weighted by atomic mass is 9.44. The highest BCUT2D eigenvalue weighted by Crippen LogP contribution is 2.73. The molecule has 6 unspecified atom stereocenters. The van der Waals surface area contributed by atoms with Gasteiger partial charge in [0.25, 0.3) is 0 Å². The predicted molar refractivity (Wildman–Crippen MR) is 113 cm³/mol. The first-order valence-corrected chi connectivity index (χ1v) is 12.5. The zero-order valence-corrected chi connectivity index (χ0v) is 19.6. The Balaban J connectivity index is 1.45. The standard InChI is InChI=1S/C24H37BrO3/c1-14(2)18-5-6-19-17-11-21-24(25)12-16(28-15(3)26)7-10-23(24,13-27-21)20(17)8-9-22(18,19)4/h14,16-21H,5-13H2,1-4H3/t16-,17?,18?,19?,20?,21?,22+,23-,24?/m0/s1. The number of halogens is 1. The van der Waals surface area contributed by atoms with Crippen LogP contribution >= 0.6 is 15.9 Å². The molecular formula is C24H37BrO3. The molecule has 0 aromatic heterocycles. The summed E-state index contributed by atoms with van der Waals surface area (Å²) in [4.78, 5) is 11.6. The zero-order valence-electron chi connectivity index (χ0n) is 18.0. The van der Waals surface area contributed by atoms with Crippen molar-refractivity contribution in [2.45, 2.75) is 95.6 Å². The van der Waals surface area contributed by atoms with E-state index in [4.69, 9.17) is 9.47 Å². The summed E-state index contributed by atoms with van der Waals surface area (Å²) in [7, 11) is 0. The lowest BCUT2D eigenvalue weighted by molar-refractivity contribution is -0.154. The normalized spacial score (nSPS) is 54.8. The molecule has 5 fully saturated rings. The molecule has 1 heterocycles. The van der Waals surface area contributed by atoms with E-state index in [-0.39, 0.29) is 27.9 Å². The van der Waals surface area contributed by atoms with Gasteiger partial charge in [0, 0.05) is 18.8 Å². The van der Waals surface area contributed by atoms with Crippen LogP contribution in [0.3, 0.4) is 0 Å². The van der Waals surface area contributed by atoms with Crippen molar-refractivity contribution in [2.24, 2.45) is 40.4 Å². The predicted octanol–water partition coefficient (Wildman–Crippen LogP) is 5.74. The molecule has 0 aromatic rings. The van der Waals surface area contributed by atoms with E-state index in [0.29, 0.717) is 5.41 Å². The summed E-state index contributed by atoms with van der Waals surface area (Å²) in [5.74, 6) is 4.03. The SMILES string of the molecule is CC(=O)O[C@H]1CC[C@]23COC(CC4C5CCC(C(C)C)[C@@]5(C)CCC42)C3(Br)C1. The van der Waals surface area contributed by atoms with Gasteiger partial charge in [-0.25, -0.2) is 0 Å². The molecule has 1 aliphatic heterocycles. The summed E-state index contributed by atoms with van der Waals surface area (Å²) in [6.45, 7) is 9.96. The molecule has 5 aliphatic rings. The summed E-state index contributed by atoms with van der Waals surface area (Å²) >= 11 is 4.25. The van der Waals surface area contributed by atoms with Crippen LogP contribution in [0.4, 0.5) is 0 Å². The van der Waals surface area contributed by atoms with Gasteiger partial charge in [0.2, 0.25) is 0 Å². The molecular weight excluding hydrogens is 416 g/mol. The molecule has 0 spiro atoms. The van der Waals surface area contributed by atoms with Crippen LogP contribution in [0.5, 0.6) is 0 Å². The van der Waals surface area contributed by atoms with Gasteiger partial charge in [-0.2, -0.15) is 0 Å². The molecule has 4 aliphatic carbocycles. The second kappa shape index (κ2) is 6.45. The van der Waals surface area contributed by atoms with Crippen LogP contribution < -0.4 is 0 Å². The quantitative estimate of drug-likeness (QED) is 0.395. The molecule has 4 saturated carbocycles. The minimum atomic E-state index is -0.141. The van der Waals surface area contributed by atoms with E-state index < -0.39 is 0 Å². The highest BCUT2D eigenvalue weighted by molar-refractivity contribution is 9.10. The van der Waals surface area contributed by atoms with Gasteiger partial charge >= 0.3 is 5.97 Å². The molecule has 3 nitrogen and oxygen atoms in total. The second-order valence-corrected chi connectivity index (χ2v) is 12.8. The monoisotopic (exact) mass is 452 g/mol. The molecule has 2 bridgehead atoms. The van der Waals surface area contributed by atoms with E-state index in [2.05, 4.69) is 36.7 Å². The summed E-state index contributed by atoms with van der Waals surface area (Å²) in [5, 5.41) is 0. The van der Waals surface area contributed by atoms with E-state index in [1.807, 2.05) is 0 Å². The molecule has 1 saturated heterocycles. The third-order valence-electron chi connectivity index (χ3n) is 10.2. The largest absolute Gasteiger partial charge is 0.463 e. The van der Waals surface area contributed by atoms with E-state index in [1.165, 1.54) is 32.1 Å². The fraction of sp³-hybridized carbons (Fsp3) is 0.958. The smallest absolute Gasteiger partial charge is 0.302 e. The van der Waals surface area contributed by atoms with Crippen molar-refractivity contribution in [3.63, 3.8) is 0 Å². The van der Waals surface area contributed by atoms with E-state index in [9.17, 15) is 4.79 Å². The number of fused-ring (bicyclic) bond motifs is 3. The number of carbonyl (C=O) groups excluding carboxylic acids is 1. The van der Waals surface area contributed by atoms with Crippen molar-refractivity contribution < 1.29 is 14.3 Å². The van der Waals surface area contributed by atoms with Crippen LogP contribution in [0.1, 0.15) is 79.1 Å². The summed E-state index contributed by atoms with van der Waals surface area (Å²) in [6, 6.07) is 0.